The molecule has 6 nitrogen and oxygen atoms in total. The number of benzene rings is 2. The maximum Gasteiger partial charge on any atom is 0.257 e. The fraction of sp³-hybridized carbons (Fsp3) is 0.150. The van der Waals surface area contributed by atoms with Gasteiger partial charge < -0.3 is 10.1 Å². The van der Waals surface area contributed by atoms with Crippen LogP contribution < -0.4 is 15.4 Å². The number of nitrogens with one attached hydrogen (secondary N) is 2. The van der Waals surface area contributed by atoms with Crippen LogP contribution >= 0.6 is 11.3 Å². The van der Waals surface area contributed by atoms with Crippen LogP contribution in [0.25, 0.3) is 0 Å². The van der Waals surface area contributed by atoms with Crippen molar-refractivity contribution in [1.29, 1.82) is 0 Å². The number of hydrogen-bond donors (Lipinski definition) is 2. The summed E-state index contributed by atoms with van der Waals surface area (Å²) in [5, 5.41) is 7.80. The summed E-state index contributed by atoms with van der Waals surface area (Å²) < 4.78 is 5.27. The first-order chi connectivity index (χ1) is 13.0. The van der Waals surface area contributed by atoms with Crippen LogP contribution in [0.1, 0.15) is 21.6 Å². The highest BCUT2D eigenvalue weighted by Crippen LogP contribution is 2.25. The number of hydrogen-bond acceptors (Lipinski definition) is 5. The highest BCUT2D eigenvalue weighted by atomic mass is 32.1. The Morgan fingerprint density at radius 3 is 2.63 bits per heavy atom. The van der Waals surface area contributed by atoms with Crippen molar-refractivity contribution in [2.45, 2.75) is 13.3 Å². The Morgan fingerprint density at radius 1 is 1.11 bits per heavy atom. The van der Waals surface area contributed by atoms with Crippen molar-refractivity contribution in [3.63, 3.8) is 0 Å². The van der Waals surface area contributed by atoms with E-state index in [0.717, 1.165) is 5.56 Å². The third-order valence-corrected chi connectivity index (χ3v) is 4.59. The zero-order valence-corrected chi connectivity index (χ0v) is 15.8. The fourth-order valence-electron chi connectivity index (χ4n) is 2.48. The average molecular weight is 381 g/mol. The molecule has 2 N–H and O–H groups in total. The predicted octanol–water partition coefficient (Wildman–Crippen LogP) is 3.89. The maximum absolute atomic E-state index is 12.3. The summed E-state index contributed by atoms with van der Waals surface area (Å²) in [4.78, 5) is 28.8. The van der Waals surface area contributed by atoms with Gasteiger partial charge in [0, 0.05) is 10.9 Å². The van der Waals surface area contributed by atoms with E-state index in [2.05, 4.69) is 15.6 Å². The molecule has 0 spiro atoms. The van der Waals surface area contributed by atoms with Gasteiger partial charge >= 0.3 is 0 Å². The number of thiazole rings is 1. The third-order valence-electron chi connectivity index (χ3n) is 3.78. The number of methoxy groups -OCH3 is 1. The topological polar surface area (TPSA) is 80.3 Å². The second-order valence-electron chi connectivity index (χ2n) is 5.89. The highest BCUT2D eigenvalue weighted by molar-refractivity contribution is 7.14. The van der Waals surface area contributed by atoms with Crippen molar-refractivity contribution in [1.82, 2.24) is 4.98 Å². The van der Waals surface area contributed by atoms with E-state index in [-0.39, 0.29) is 18.2 Å². The minimum absolute atomic E-state index is 0.106. The second-order valence-corrected chi connectivity index (χ2v) is 6.75. The van der Waals surface area contributed by atoms with Gasteiger partial charge in [-0.05, 0) is 36.8 Å². The molecule has 0 bridgehead atoms. The quantitative estimate of drug-likeness (QED) is 0.679. The van der Waals surface area contributed by atoms with Crippen LogP contribution in [0.3, 0.4) is 0 Å². The molecule has 3 aromatic rings. The molecule has 0 fully saturated rings. The molecular formula is C20H19N3O3S. The summed E-state index contributed by atoms with van der Waals surface area (Å²) >= 11 is 1.28. The van der Waals surface area contributed by atoms with Crippen molar-refractivity contribution in [2.24, 2.45) is 0 Å². The van der Waals surface area contributed by atoms with Gasteiger partial charge in [0.1, 0.15) is 5.75 Å². The fourth-order valence-corrected chi connectivity index (χ4v) is 3.19. The van der Waals surface area contributed by atoms with Crippen LogP contribution in [0.15, 0.2) is 53.9 Å². The standard InChI is InChI=1S/C20H19N3O3S/c1-13-8-9-17(26-2)16(10-13)22-18(24)11-15-12-27-20(21-15)23-19(25)14-6-4-3-5-7-14/h3-10,12H,11H2,1-2H3,(H,22,24)(H,21,23,25). The summed E-state index contributed by atoms with van der Waals surface area (Å²) in [6.45, 7) is 1.94. The number of ether oxygens (including phenoxy) is 1. The van der Waals surface area contributed by atoms with Gasteiger partial charge in [-0.1, -0.05) is 24.3 Å². The molecule has 138 valence electrons. The van der Waals surface area contributed by atoms with Crippen LogP contribution in [0.5, 0.6) is 5.75 Å². The average Bonchev–Trinajstić information content (AvgIpc) is 3.09. The molecule has 2 aromatic carbocycles. The number of aromatic nitrogens is 1. The summed E-state index contributed by atoms with van der Waals surface area (Å²) in [5.41, 5.74) is 2.78. The van der Waals surface area contributed by atoms with Gasteiger partial charge in [0.2, 0.25) is 5.91 Å². The largest absolute Gasteiger partial charge is 0.495 e. The Labute approximate surface area is 161 Å². The lowest BCUT2D eigenvalue weighted by Crippen LogP contribution is -2.15. The summed E-state index contributed by atoms with van der Waals surface area (Å²) in [6.07, 6.45) is 0.106. The third kappa shape index (κ3) is 4.92. The number of carbonyl (C=O) groups excluding carboxylic acids is 2. The van der Waals surface area contributed by atoms with Gasteiger partial charge in [-0.2, -0.15) is 0 Å². The van der Waals surface area contributed by atoms with E-state index in [1.807, 2.05) is 31.2 Å². The van der Waals surface area contributed by atoms with Crippen LogP contribution in [-0.4, -0.2) is 23.9 Å². The summed E-state index contributed by atoms with van der Waals surface area (Å²) in [6, 6.07) is 14.5. The van der Waals surface area contributed by atoms with Crippen LogP contribution in [0.4, 0.5) is 10.8 Å². The Balaban J connectivity index is 1.61. The van der Waals surface area contributed by atoms with E-state index in [1.54, 1.807) is 36.8 Å². The highest BCUT2D eigenvalue weighted by Gasteiger charge is 2.13. The number of anilines is 2. The van der Waals surface area contributed by atoms with Crippen molar-refractivity contribution in [3.05, 3.63) is 70.7 Å². The number of aryl methyl sites for hydroxylation is 1. The van der Waals surface area contributed by atoms with Crippen molar-refractivity contribution < 1.29 is 14.3 Å². The Hall–Kier alpha value is -3.19. The lowest BCUT2D eigenvalue weighted by atomic mass is 10.2. The monoisotopic (exact) mass is 381 g/mol. The zero-order chi connectivity index (χ0) is 19.2. The molecule has 7 heteroatoms. The second kappa shape index (κ2) is 8.46. The molecule has 0 aliphatic carbocycles. The number of nitrogens with zero attached hydrogens (tertiary/aromatic N) is 1. The molecule has 1 aromatic heterocycles. The minimum atomic E-state index is -0.231. The molecule has 0 atom stereocenters. The van der Waals surface area contributed by atoms with Crippen molar-refractivity contribution in [2.75, 3.05) is 17.7 Å². The first-order valence-corrected chi connectivity index (χ1v) is 9.18. The van der Waals surface area contributed by atoms with Gasteiger partial charge in [-0.25, -0.2) is 4.98 Å². The summed E-state index contributed by atoms with van der Waals surface area (Å²) in [5.74, 6) is 0.165. The molecule has 0 unspecified atom stereocenters. The minimum Gasteiger partial charge on any atom is -0.495 e. The number of carbonyl (C=O) groups is 2. The molecule has 0 saturated carbocycles. The lowest BCUT2D eigenvalue weighted by molar-refractivity contribution is -0.115. The molecule has 3 rings (SSSR count). The van der Waals surface area contributed by atoms with Gasteiger partial charge in [0.25, 0.3) is 5.91 Å². The predicted molar refractivity (Wildman–Crippen MR) is 107 cm³/mol. The molecule has 0 aliphatic rings. The molecule has 0 aliphatic heterocycles. The Morgan fingerprint density at radius 2 is 1.89 bits per heavy atom. The van der Waals surface area contributed by atoms with E-state index in [1.165, 1.54) is 11.3 Å². The van der Waals surface area contributed by atoms with E-state index in [4.69, 9.17) is 4.74 Å². The van der Waals surface area contributed by atoms with E-state index >= 15 is 0 Å². The Kier molecular flexibility index (Phi) is 5.83. The molecular weight excluding hydrogens is 362 g/mol. The summed E-state index contributed by atoms with van der Waals surface area (Å²) in [7, 11) is 1.56. The van der Waals surface area contributed by atoms with E-state index < -0.39 is 0 Å². The van der Waals surface area contributed by atoms with Gasteiger partial charge in [-0.15, -0.1) is 11.3 Å². The molecule has 0 saturated heterocycles. The van der Waals surface area contributed by atoms with E-state index in [9.17, 15) is 9.59 Å². The van der Waals surface area contributed by atoms with Crippen molar-refractivity contribution in [3.8, 4) is 5.75 Å². The normalized spacial score (nSPS) is 10.3. The molecule has 27 heavy (non-hydrogen) atoms. The van der Waals surface area contributed by atoms with Gasteiger partial charge in [-0.3, -0.25) is 14.9 Å². The molecule has 0 radical (unpaired) electrons. The smallest absolute Gasteiger partial charge is 0.257 e. The van der Waals surface area contributed by atoms with Gasteiger partial charge in [0.15, 0.2) is 5.13 Å². The van der Waals surface area contributed by atoms with Crippen LogP contribution in [0, 0.1) is 6.92 Å². The van der Waals surface area contributed by atoms with Gasteiger partial charge in [0.05, 0.1) is 24.9 Å². The maximum atomic E-state index is 12.3. The van der Waals surface area contributed by atoms with E-state index in [0.29, 0.717) is 27.8 Å². The number of amides is 2. The molecule has 2 amide bonds. The zero-order valence-electron chi connectivity index (χ0n) is 15.0. The Bertz CT molecular complexity index is 954. The molecule has 1 heterocycles. The first kappa shape index (κ1) is 18.6. The lowest BCUT2D eigenvalue weighted by Gasteiger charge is -2.10. The number of rotatable bonds is 6. The van der Waals surface area contributed by atoms with Crippen LogP contribution in [-0.2, 0) is 11.2 Å². The first-order valence-electron chi connectivity index (χ1n) is 8.30. The van der Waals surface area contributed by atoms with Crippen LogP contribution in [0.2, 0.25) is 0 Å². The SMILES string of the molecule is COc1ccc(C)cc1NC(=O)Cc1csc(NC(=O)c2ccccc2)n1. The van der Waals surface area contributed by atoms with Crippen molar-refractivity contribution >= 4 is 34.0 Å².